The molecule has 1 aliphatic heterocycles. The second kappa shape index (κ2) is 7.94. The van der Waals surface area contributed by atoms with E-state index in [2.05, 4.69) is 10.3 Å². The first-order valence-corrected chi connectivity index (χ1v) is 8.30. The van der Waals surface area contributed by atoms with Crippen LogP contribution in [0.3, 0.4) is 0 Å². The lowest BCUT2D eigenvalue weighted by atomic mass is 10.1. The number of nitrogens with one attached hydrogen (secondary N) is 1. The maximum atomic E-state index is 12.7. The third kappa shape index (κ3) is 4.45. The normalized spacial score (nSPS) is 18.8. The van der Waals surface area contributed by atoms with Gasteiger partial charge in [-0.25, -0.2) is 4.98 Å². The summed E-state index contributed by atoms with van der Waals surface area (Å²) in [6.07, 6.45) is 5.25. The Morgan fingerprint density at radius 3 is 2.92 bits per heavy atom. The standard InChI is InChI=1S/C18H22N4O3/c1-14(9-21-8-7-19-13-21)20-18(24)16-11-25-12-17(23)22(16)10-15-5-3-2-4-6-15/h2-8,13-14,16H,9-12H2,1H3,(H,20,24)/t14-,16+/m0/s1. The van der Waals surface area contributed by atoms with Crippen LogP contribution in [0, 0.1) is 0 Å². The summed E-state index contributed by atoms with van der Waals surface area (Å²) in [5, 5.41) is 2.96. The highest BCUT2D eigenvalue weighted by Crippen LogP contribution is 2.14. The number of carbonyl (C=O) groups is 2. The van der Waals surface area contributed by atoms with E-state index in [9.17, 15) is 9.59 Å². The molecule has 2 heterocycles. The van der Waals surface area contributed by atoms with Crippen LogP contribution < -0.4 is 5.32 Å². The van der Waals surface area contributed by atoms with Crippen molar-refractivity contribution in [2.75, 3.05) is 13.2 Å². The van der Waals surface area contributed by atoms with E-state index in [1.807, 2.05) is 48.0 Å². The van der Waals surface area contributed by atoms with E-state index in [0.717, 1.165) is 5.56 Å². The summed E-state index contributed by atoms with van der Waals surface area (Å²) in [5.74, 6) is -0.367. The van der Waals surface area contributed by atoms with Gasteiger partial charge >= 0.3 is 0 Å². The highest BCUT2D eigenvalue weighted by atomic mass is 16.5. The maximum absolute atomic E-state index is 12.7. The van der Waals surface area contributed by atoms with E-state index >= 15 is 0 Å². The fourth-order valence-electron chi connectivity index (χ4n) is 2.90. The van der Waals surface area contributed by atoms with E-state index in [1.54, 1.807) is 17.4 Å². The minimum atomic E-state index is -0.619. The minimum Gasteiger partial charge on any atom is -0.369 e. The predicted octanol–water partition coefficient (Wildman–Crippen LogP) is 0.815. The molecule has 0 bridgehead atoms. The molecule has 25 heavy (non-hydrogen) atoms. The number of ether oxygens (including phenoxy) is 1. The van der Waals surface area contributed by atoms with Crippen molar-refractivity contribution in [2.45, 2.75) is 32.1 Å². The predicted molar refractivity (Wildman–Crippen MR) is 91.4 cm³/mol. The van der Waals surface area contributed by atoms with Crippen LogP contribution in [-0.4, -0.2) is 51.6 Å². The van der Waals surface area contributed by atoms with Crippen molar-refractivity contribution in [3.8, 4) is 0 Å². The lowest BCUT2D eigenvalue weighted by Crippen LogP contribution is -2.57. The van der Waals surface area contributed by atoms with Crippen LogP contribution in [0.25, 0.3) is 0 Å². The maximum Gasteiger partial charge on any atom is 0.249 e. The quantitative estimate of drug-likeness (QED) is 0.843. The Bertz CT molecular complexity index is 702. The first kappa shape index (κ1) is 17.2. The van der Waals surface area contributed by atoms with Crippen molar-refractivity contribution in [3.05, 3.63) is 54.6 Å². The van der Waals surface area contributed by atoms with E-state index in [0.29, 0.717) is 13.1 Å². The van der Waals surface area contributed by atoms with Crippen LogP contribution in [0.5, 0.6) is 0 Å². The minimum absolute atomic E-state index is 0.0151. The Labute approximate surface area is 146 Å². The smallest absolute Gasteiger partial charge is 0.249 e. The fraction of sp³-hybridized carbons (Fsp3) is 0.389. The topological polar surface area (TPSA) is 76.5 Å². The molecule has 0 unspecified atom stereocenters. The van der Waals surface area contributed by atoms with E-state index in [-0.39, 0.29) is 31.1 Å². The average Bonchev–Trinajstić information content (AvgIpc) is 3.10. The van der Waals surface area contributed by atoms with Crippen LogP contribution in [0.2, 0.25) is 0 Å². The molecule has 0 saturated carbocycles. The number of aromatic nitrogens is 2. The molecule has 1 aliphatic rings. The van der Waals surface area contributed by atoms with Crippen LogP contribution in [0.1, 0.15) is 12.5 Å². The Kier molecular flexibility index (Phi) is 5.45. The van der Waals surface area contributed by atoms with Crippen molar-refractivity contribution in [3.63, 3.8) is 0 Å². The second-order valence-corrected chi connectivity index (χ2v) is 6.21. The summed E-state index contributed by atoms with van der Waals surface area (Å²) in [7, 11) is 0. The summed E-state index contributed by atoms with van der Waals surface area (Å²) >= 11 is 0. The molecular weight excluding hydrogens is 320 g/mol. The molecule has 7 nitrogen and oxygen atoms in total. The summed E-state index contributed by atoms with van der Waals surface area (Å²) < 4.78 is 7.20. The summed E-state index contributed by atoms with van der Waals surface area (Å²) in [5.41, 5.74) is 0.988. The van der Waals surface area contributed by atoms with Crippen molar-refractivity contribution >= 4 is 11.8 Å². The molecule has 2 aromatic rings. The molecule has 0 radical (unpaired) electrons. The first-order valence-electron chi connectivity index (χ1n) is 8.30. The SMILES string of the molecule is C[C@@H](Cn1ccnc1)NC(=O)[C@H]1COCC(=O)N1Cc1ccccc1. The van der Waals surface area contributed by atoms with Gasteiger partial charge in [-0.2, -0.15) is 0 Å². The Balaban J connectivity index is 1.64. The van der Waals surface area contributed by atoms with Crippen LogP contribution >= 0.6 is 0 Å². The zero-order valence-electron chi connectivity index (χ0n) is 14.2. The monoisotopic (exact) mass is 342 g/mol. The molecule has 1 saturated heterocycles. The van der Waals surface area contributed by atoms with Crippen LogP contribution in [0.4, 0.5) is 0 Å². The molecule has 1 aromatic heterocycles. The Morgan fingerprint density at radius 2 is 2.20 bits per heavy atom. The third-order valence-electron chi connectivity index (χ3n) is 4.13. The number of hydrogen-bond acceptors (Lipinski definition) is 4. The lowest BCUT2D eigenvalue weighted by molar-refractivity contribution is -0.155. The molecule has 2 atom stereocenters. The average molecular weight is 342 g/mol. The molecular formula is C18H22N4O3. The van der Waals surface area contributed by atoms with Gasteiger partial charge in [-0.3, -0.25) is 9.59 Å². The molecule has 1 N–H and O–H groups in total. The van der Waals surface area contributed by atoms with Crippen molar-refractivity contribution in [1.29, 1.82) is 0 Å². The number of carbonyl (C=O) groups excluding carboxylic acids is 2. The molecule has 1 fully saturated rings. The van der Waals surface area contributed by atoms with Crippen LogP contribution in [-0.2, 0) is 27.4 Å². The van der Waals surface area contributed by atoms with Gasteiger partial charge in [0.2, 0.25) is 11.8 Å². The van der Waals surface area contributed by atoms with E-state index in [1.165, 1.54) is 0 Å². The number of hydrogen-bond donors (Lipinski definition) is 1. The molecule has 1 aromatic carbocycles. The number of imidazole rings is 1. The second-order valence-electron chi connectivity index (χ2n) is 6.21. The Hall–Kier alpha value is -2.67. The number of rotatable bonds is 6. The Morgan fingerprint density at radius 1 is 1.40 bits per heavy atom. The number of benzene rings is 1. The molecule has 3 rings (SSSR count). The zero-order valence-corrected chi connectivity index (χ0v) is 14.2. The van der Waals surface area contributed by atoms with Gasteiger partial charge in [0.05, 0.1) is 12.9 Å². The van der Waals surface area contributed by atoms with Crippen molar-refractivity contribution in [2.24, 2.45) is 0 Å². The third-order valence-corrected chi connectivity index (χ3v) is 4.13. The van der Waals surface area contributed by atoms with Crippen molar-refractivity contribution < 1.29 is 14.3 Å². The highest BCUT2D eigenvalue weighted by molar-refractivity contribution is 5.89. The van der Waals surface area contributed by atoms with Gasteiger partial charge in [0.25, 0.3) is 0 Å². The first-order chi connectivity index (χ1) is 12.1. The highest BCUT2D eigenvalue weighted by Gasteiger charge is 2.34. The van der Waals surface area contributed by atoms with Gasteiger partial charge in [0.1, 0.15) is 12.6 Å². The summed E-state index contributed by atoms with van der Waals surface area (Å²) in [6.45, 7) is 3.16. The molecule has 2 amide bonds. The van der Waals surface area contributed by atoms with Gasteiger partial charge in [-0.15, -0.1) is 0 Å². The van der Waals surface area contributed by atoms with Gasteiger partial charge in [-0.1, -0.05) is 30.3 Å². The largest absolute Gasteiger partial charge is 0.369 e. The van der Waals surface area contributed by atoms with Gasteiger partial charge in [0, 0.05) is 31.5 Å². The molecule has 7 heteroatoms. The lowest BCUT2D eigenvalue weighted by Gasteiger charge is -2.35. The van der Waals surface area contributed by atoms with Crippen molar-refractivity contribution in [1.82, 2.24) is 19.8 Å². The number of amides is 2. The van der Waals surface area contributed by atoms with Crippen LogP contribution in [0.15, 0.2) is 49.1 Å². The number of nitrogens with zero attached hydrogens (tertiary/aromatic N) is 3. The number of morpholine rings is 1. The van der Waals surface area contributed by atoms with Gasteiger partial charge in [0.15, 0.2) is 0 Å². The molecule has 0 spiro atoms. The molecule has 0 aliphatic carbocycles. The van der Waals surface area contributed by atoms with Gasteiger partial charge in [-0.05, 0) is 12.5 Å². The summed E-state index contributed by atoms with van der Waals surface area (Å²) in [4.78, 5) is 30.5. The van der Waals surface area contributed by atoms with E-state index in [4.69, 9.17) is 4.74 Å². The van der Waals surface area contributed by atoms with Gasteiger partial charge < -0.3 is 19.5 Å². The fourth-order valence-corrected chi connectivity index (χ4v) is 2.90. The molecule has 132 valence electrons. The summed E-state index contributed by atoms with van der Waals surface area (Å²) in [6, 6.07) is 8.94. The zero-order chi connectivity index (χ0) is 17.6. The van der Waals surface area contributed by atoms with E-state index < -0.39 is 6.04 Å².